The highest BCUT2D eigenvalue weighted by Crippen LogP contribution is 2.33. The van der Waals surface area contributed by atoms with Gasteiger partial charge in [0.1, 0.15) is 6.73 Å². The van der Waals surface area contributed by atoms with Crippen LogP contribution in [0.4, 0.5) is 0 Å². The number of rotatable bonds is 10. The standard InChI is InChI=1S/C28H32N4O2SSi/c1-29-28(33)24-10-5-6-11-27(24)35-22-13-14-23-25(15-12-21-9-7-8-16-30-21)31-32(26(23)19-22)20-34-17-18-36(2,3)4/h5-16,19H,17-18,20H2,1-4H3,(H,29,33). The molecule has 0 radical (unpaired) electrons. The number of benzene rings is 2. The molecule has 0 unspecified atom stereocenters. The van der Waals surface area contributed by atoms with Crippen LogP contribution >= 0.6 is 11.8 Å². The predicted octanol–water partition coefficient (Wildman–Crippen LogP) is 6.42. The minimum absolute atomic E-state index is 0.0954. The number of hydrogen-bond acceptors (Lipinski definition) is 5. The first-order valence-electron chi connectivity index (χ1n) is 12.0. The summed E-state index contributed by atoms with van der Waals surface area (Å²) < 4.78 is 7.97. The first-order chi connectivity index (χ1) is 17.3. The van der Waals surface area contributed by atoms with Gasteiger partial charge in [0.25, 0.3) is 5.91 Å². The molecule has 0 aliphatic carbocycles. The molecule has 0 saturated carbocycles. The summed E-state index contributed by atoms with van der Waals surface area (Å²) in [5, 5.41) is 8.63. The van der Waals surface area contributed by atoms with E-state index in [2.05, 4.69) is 48.1 Å². The van der Waals surface area contributed by atoms with Crippen molar-refractivity contribution in [3.05, 3.63) is 83.8 Å². The van der Waals surface area contributed by atoms with E-state index < -0.39 is 8.07 Å². The van der Waals surface area contributed by atoms with E-state index in [1.165, 1.54) is 0 Å². The number of carbonyl (C=O) groups excluding carboxylic acids is 1. The Labute approximate surface area is 217 Å². The normalized spacial score (nSPS) is 11.9. The van der Waals surface area contributed by atoms with Gasteiger partial charge in [-0.1, -0.05) is 49.6 Å². The molecule has 0 bridgehead atoms. The largest absolute Gasteiger partial charge is 0.360 e. The van der Waals surface area contributed by atoms with Crippen LogP contribution < -0.4 is 5.32 Å². The number of fused-ring (bicyclic) bond motifs is 1. The number of nitrogens with one attached hydrogen (secondary N) is 1. The number of hydrogen-bond donors (Lipinski definition) is 1. The van der Waals surface area contributed by atoms with Gasteiger partial charge in [0.05, 0.1) is 22.5 Å². The smallest absolute Gasteiger partial charge is 0.252 e. The van der Waals surface area contributed by atoms with E-state index in [1.807, 2.05) is 59.3 Å². The monoisotopic (exact) mass is 516 g/mol. The molecule has 8 heteroatoms. The summed E-state index contributed by atoms with van der Waals surface area (Å²) in [6, 6.07) is 20.9. The Morgan fingerprint density at radius 2 is 1.89 bits per heavy atom. The van der Waals surface area contributed by atoms with E-state index in [-0.39, 0.29) is 5.91 Å². The van der Waals surface area contributed by atoms with Crippen molar-refractivity contribution in [1.29, 1.82) is 0 Å². The van der Waals surface area contributed by atoms with Crippen LogP contribution in [0.25, 0.3) is 23.1 Å². The number of amides is 1. The first kappa shape index (κ1) is 25.9. The van der Waals surface area contributed by atoms with Crippen LogP contribution in [0.3, 0.4) is 0 Å². The molecule has 186 valence electrons. The second-order valence-corrected chi connectivity index (χ2v) is 16.4. The van der Waals surface area contributed by atoms with Crippen LogP contribution in [0.15, 0.2) is 76.7 Å². The maximum atomic E-state index is 12.3. The molecule has 4 rings (SSSR count). The summed E-state index contributed by atoms with van der Waals surface area (Å²) in [6.07, 6.45) is 5.75. The second-order valence-electron chi connectivity index (χ2n) is 9.68. The Kier molecular flexibility index (Phi) is 8.40. The van der Waals surface area contributed by atoms with Crippen LogP contribution in [-0.4, -0.2) is 42.4 Å². The van der Waals surface area contributed by atoms with Crippen LogP contribution in [-0.2, 0) is 11.5 Å². The predicted molar refractivity (Wildman–Crippen MR) is 151 cm³/mol. The van der Waals surface area contributed by atoms with Gasteiger partial charge in [0.2, 0.25) is 0 Å². The van der Waals surface area contributed by atoms with Crippen LogP contribution in [0.5, 0.6) is 0 Å². The lowest BCUT2D eigenvalue weighted by atomic mass is 10.2. The van der Waals surface area contributed by atoms with Crippen molar-refractivity contribution in [1.82, 2.24) is 20.1 Å². The third-order valence-electron chi connectivity index (χ3n) is 5.65. The van der Waals surface area contributed by atoms with E-state index in [0.717, 1.165) is 44.7 Å². The van der Waals surface area contributed by atoms with Gasteiger partial charge in [-0.15, -0.1) is 0 Å². The zero-order valence-corrected chi connectivity index (χ0v) is 23.0. The summed E-state index contributed by atoms with van der Waals surface area (Å²) in [5.74, 6) is -0.0954. The lowest BCUT2D eigenvalue weighted by molar-refractivity contribution is 0.0816. The molecule has 0 atom stereocenters. The maximum Gasteiger partial charge on any atom is 0.252 e. The van der Waals surface area contributed by atoms with E-state index >= 15 is 0 Å². The molecule has 4 aromatic rings. The minimum atomic E-state index is -1.17. The van der Waals surface area contributed by atoms with Crippen molar-refractivity contribution in [2.75, 3.05) is 13.7 Å². The maximum absolute atomic E-state index is 12.3. The number of ether oxygens (including phenoxy) is 1. The molecule has 0 saturated heterocycles. The molecule has 1 amide bonds. The molecular weight excluding hydrogens is 484 g/mol. The van der Waals surface area contributed by atoms with Crippen LogP contribution in [0.1, 0.15) is 21.7 Å². The lowest BCUT2D eigenvalue weighted by Crippen LogP contribution is -2.22. The first-order valence-corrected chi connectivity index (χ1v) is 16.5. The summed E-state index contributed by atoms with van der Waals surface area (Å²) in [4.78, 5) is 18.6. The third kappa shape index (κ3) is 6.72. The van der Waals surface area contributed by atoms with E-state index in [4.69, 9.17) is 9.84 Å². The Bertz CT molecular complexity index is 1360. The third-order valence-corrected chi connectivity index (χ3v) is 8.42. The molecule has 2 aromatic carbocycles. The number of carbonyl (C=O) groups is 1. The molecule has 1 N–H and O–H groups in total. The fourth-order valence-corrected chi connectivity index (χ4v) is 5.37. The van der Waals surface area contributed by atoms with E-state index in [0.29, 0.717) is 12.3 Å². The summed E-state index contributed by atoms with van der Waals surface area (Å²) in [7, 11) is 0.476. The molecule has 0 aliphatic heterocycles. The zero-order chi connectivity index (χ0) is 25.5. The van der Waals surface area contributed by atoms with Gasteiger partial charge in [0, 0.05) is 43.1 Å². The fourth-order valence-electron chi connectivity index (χ4n) is 3.64. The van der Waals surface area contributed by atoms with Crippen molar-refractivity contribution in [2.24, 2.45) is 0 Å². The minimum Gasteiger partial charge on any atom is -0.360 e. The summed E-state index contributed by atoms with van der Waals surface area (Å²) >= 11 is 1.57. The van der Waals surface area contributed by atoms with E-state index in [1.54, 1.807) is 25.0 Å². The highest BCUT2D eigenvalue weighted by molar-refractivity contribution is 7.99. The summed E-state index contributed by atoms with van der Waals surface area (Å²) in [5.41, 5.74) is 3.40. The van der Waals surface area contributed by atoms with Gasteiger partial charge in [-0.3, -0.25) is 9.78 Å². The second kappa shape index (κ2) is 11.7. The zero-order valence-electron chi connectivity index (χ0n) is 21.2. The van der Waals surface area contributed by atoms with Gasteiger partial charge in [-0.05, 0) is 60.7 Å². The van der Waals surface area contributed by atoms with Crippen LogP contribution in [0.2, 0.25) is 25.7 Å². The molecule has 2 aromatic heterocycles. The molecule has 6 nitrogen and oxygen atoms in total. The van der Waals surface area contributed by atoms with Crippen molar-refractivity contribution in [3.63, 3.8) is 0 Å². The van der Waals surface area contributed by atoms with Crippen molar-refractivity contribution < 1.29 is 9.53 Å². The fraction of sp³-hybridized carbons (Fsp3) is 0.250. The Morgan fingerprint density at radius 3 is 2.64 bits per heavy atom. The number of aromatic nitrogens is 3. The average molecular weight is 517 g/mol. The Balaban J connectivity index is 1.65. The van der Waals surface area contributed by atoms with Gasteiger partial charge < -0.3 is 10.1 Å². The molecule has 0 spiro atoms. The molecular formula is C28H32N4O2SSi. The SMILES string of the molecule is CNC(=O)c1ccccc1Sc1ccc2c(C=Cc3ccccn3)nn(COCC[Si](C)(C)C)c2c1. The van der Waals surface area contributed by atoms with Gasteiger partial charge in [0.15, 0.2) is 0 Å². The van der Waals surface area contributed by atoms with Crippen LogP contribution in [0, 0.1) is 0 Å². The topological polar surface area (TPSA) is 69.0 Å². The molecule has 36 heavy (non-hydrogen) atoms. The quantitative estimate of drug-likeness (QED) is 0.194. The van der Waals surface area contributed by atoms with Gasteiger partial charge in [-0.2, -0.15) is 5.10 Å². The van der Waals surface area contributed by atoms with E-state index in [9.17, 15) is 4.79 Å². The van der Waals surface area contributed by atoms with Crippen molar-refractivity contribution in [3.8, 4) is 0 Å². The number of nitrogens with zero attached hydrogens (tertiary/aromatic N) is 3. The Hall–Kier alpha value is -3.20. The Morgan fingerprint density at radius 1 is 1.08 bits per heavy atom. The molecule has 0 aliphatic rings. The highest BCUT2D eigenvalue weighted by atomic mass is 32.2. The molecule has 2 heterocycles. The molecule has 0 fully saturated rings. The van der Waals surface area contributed by atoms with Crippen molar-refractivity contribution in [2.45, 2.75) is 42.2 Å². The lowest BCUT2D eigenvalue weighted by Gasteiger charge is -2.15. The average Bonchev–Trinajstić information content (AvgIpc) is 3.22. The number of pyridine rings is 1. The van der Waals surface area contributed by atoms with Gasteiger partial charge in [-0.25, -0.2) is 4.68 Å². The summed E-state index contributed by atoms with van der Waals surface area (Å²) in [6.45, 7) is 8.16. The van der Waals surface area contributed by atoms with Crippen molar-refractivity contribution >= 4 is 48.8 Å². The highest BCUT2D eigenvalue weighted by Gasteiger charge is 2.15. The van der Waals surface area contributed by atoms with Gasteiger partial charge >= 0.3 is 0 Å².